The Kier molecular flexibility index (Phi) is 5.09. The van der Waals surface area contributed by atoms with Crippen LogP contribution >= 0.6 is 11.8 Å². The van der Waals surface area contributed by atoms with Crippen LogP contribution in [0.5, 0.6) is 0 Å². The molecule has 5 rings (SSSR count). The van der Waals surface area contributed by atoms with Gasteiger partial charge in [0.1, 0.15) is 12.4 Å². The molecule has 0 saturated carbocycles. The fourth-order valence-electron chi connectivity index (χ4n) is 4.05. The van der Waals surface area contributed by atoms with Crippen molar-refractivity contribution in [2.45, 2.75) is 9.79 Å². The number of amides is 1. The van der Waals surface area contributed by atoms with Crippen LogP contribution in [0.3, 0.4) is 0 Å². The summed E-state index contributed by atoms with van der Waals surface area (Å²) in [4.78, 5) is 21.8. The molecule has 1 saturated heterocycles. The summed E-state index contributed by atoms with van der Waals surface area (Å²) in [5.41, 5.74) is 3.17. The molecule has 2 aliphatic rings. The number of rotatable bonds is 3. The van der Waals surface area contributed by atoms with Crippen LogP contribution in [0.25, 0.3) is 0 Å². The number of hydrogen-bond donors (Lipinski definition) is 0. The fourth-order valence-corrected chi connectivity index (χ4v) is 5.15. The van der Waals surface area contributed by atoms with Crippen molar-refractivity contribution >= 4 is 34.7 Å². The SMILES string of the molecule is O=C(CN1c2ccccc2Sc2ccccc21)N1CCN(c2ccc(F)cc2)CC1. The third kappa shape index (κ3) is 3.63. The highest BCUT2D eigenvalue weighted by atomic mass is 32.2. The summed E-state index contributed by atoms with van der Waals surface area (Å²) in [5.74, 6) is -0.0990. The number of anilines is 3. The normalized spacial score (nSPS) is 15.6. The van der Waals surface area contributed by atoms with Crippen LogP contribution in [0.15, 0.2) is 82.6 Å². The Balaban J connectivity index is 1.30. The first-order valence-electron chi connectivity index (χ1n) is 10.1. The third-order valence-electron chi connectivity index (χ3n) is 5.65. The molecule has 0 unspecified atom stereocenters. The van der Waals surface area contributed by atoms with Crippen LogP contribution in [0.1, 0.15) is 0 Å². The molecule has 0 bridgehead atoms. The molecule has 0 radical (unpaired) electrons. The number of para-hydroxylation sites is 2. The van der Waals surface area contributed by atoms with Crippen LogP contribution in [-0.2, 0) is 4.79 Å². The van der Waals surface area contributed by atoms with Crippen molar-refractivity contribution in [2.24, 2.45) is 0 Å². The topological polar surface area (TPSA) is 26.8 Å². The van der Waals surface area contributed by atoms with E-state index in [1.54, 1.807) is 23.9 Å². The number of nitrogens with zero attached hydrogens (tertiary/aromatic N) is 3. The molecule has 0 N–H and O–H groups in total. The molecule has 2 heterocycles. The quantitative estimate of drug-likeness (QED) is 0.611. The number of piperazine rings is 1. The van der Waals surface area contributed by atoms with E-state index in [1.165, 1.54) is 21.9 Å². The summed E-state index contributed by atoms with van der Waals surface area (Å²) in [6.45, 7) is 3.16. The maximum Gasteiger partial charge on any atom is 0.242 e. The number of benzene rings is 3. The summed E-state index contributed by atoms with van der Waals surface area (Å²) in [6.07, 6.45) is 0. The Morgan fingerprint density at radius 1 is 0.800 bits per heavy atom. The molecule has 0 aromatic heterocycles. The van der Waals surface area contributed by atoms with Gasteiger partial charge in [-0.2, -0.15) is 0 Å². The van der Waals surface area contributed by atoms with Gasteiger partial charge in [0.2, 0.25) is 5.91 Å². The van der Waals surface area contributed by atoms with E-state index >= 15 is 0 Å². The van der Waals surface area contributed by atoms with Gasteiger partial charge in [-0.1, -0.05) is 36.0 Å². The molecule has 0 spiro atoms. The van der Waals surface area contributed by atoms with Gasteiger partial charge in [0.05, 0.1) is 11.4 Å². The molecule has 3 aromatic carbocycles. The van der Waals surface area contributed by atoms with Crippen LogP contribution in [0.2, 0.25) is 0 Å². The largest absolute Gasteiger partial charge is 0.368 e. The van der Waals surface area contributed by atoms with Crippen LogP contribution in [0.4, 0.5) is 21.5 Å². The van der Waals surface area contributed by atoms with E-state index in [0.29, 0.717) is 19.6 Å². The standard InChI is InChI=1S/C24H22FN3OS/c25-18-9-11-19(12-10-18)26-13-15-27(16-14-26)24(29)17-28-20-5-1-3-7-22(20)30-23-8-4-2-6-21(23)28/h1-12H,13-17H2. The van der Waals surface area contributed by atoms with E-state index < -0.39 is 0 Å². The second-order valence-electron chi connectivity index (χ2n) is 7.47. The lowest BCUT2D eigenvalue weighted by Crippen LogP contribution is -2.51. The Morgan fingerprint density at radius 3 is 1.97 bits per heavy atom. The Labute approximate surface area is 179 Å². The summed E-state index contributed by atoms with van der Waals surface area (Å²) >= 11 is 1.75. The van der Waals surface area contributed by atoms with Gasteiger partial charge in [0.25, 0.3) is 0 Å². The minimum Gasteiger partial charge on any atom is -0.368 e. The number of carbonyl (C=O) groups is 1. The summed E-state index contributed by atoms with van der Waals surface area (Å²) in [6, 6.07) is 23.0. The Morgan fingerprint density at radius 2 is 1.37 bits per heavy atom. The molecule has 30 heavy (non-hydrogen) atoms. The smallest absolute Gasteiger partial charge is 0.242 e. The minimum absolute atomic E-state index is 0.130. The molecule has 6 heteroatoms. The predicted octanol–water partition coefficient (Wildman–Crippen LogP) is 4.78. The number of hydrogen-bond acceptors (Lipinski definition) is 4. The zero-order chi connectivity index (χ0) is 20.5. The van der Waals surface area contributed by atoms with Crippen molar-refractivity contribution in [1.82, 2.24) is 4.90 Å². The van der Waals surface area contributed by atoms with E-state index in [9.17, 15) is 9.18 Å². The van der Waals surface area contributed by atoms with Crippen LogP contribution in [-0.4, -0.2) is 43.5 Å². The molecule has 0 atom stereocenters. The number of halogens is 1. The van der Waals surface area contributed by atoms with Gasteiger partial charge in [-0.15, -0.1) is 0 Å². The average Bonchev–Trinajstić information content (AvgIpc) is 2.79. The van der Waals surface area contributed by atoms with Gasteiger partial charge in [-0.25, -0.2) is 4.39 Å². The van der Waals surface area contributed by atoms with E-state index in [1.807, 2.05) is 29.2 Å². The van der Waals surface area contributed by atoms with Crippen LogP contribution in [0, 0.1) is 5.82 Å². The van der Waals surface area contributed by atoms with Gasteiger partial charge < -0.3 is 14.7 Å². The van der Waals surface area contributed by atoms with E-state index in [4.69, 9.17) is 0 Å². The maximum absolute atomic E-state index is 13.2. The summed E-state index contributed by atoms with van der Waals surface area (Å²) < 4.78 is 13.2. The average molecular weight is 420 g/mol. The van der Waals surface area contributed by atoms with Crippen molar-refractivity contribution in [1.29, 1.82) is 0 Å². The Bertz CT molecular complexity index is 1020. The number of fused-ring (bicyclic) bond motifs is 2. The van der Waals surface area contributed by atoms with Crippen LogP contribution < -0.4 is 9.80 Å². The zero-order valence-electron chi connectivity index (χ0n) is 16.5. The van der Waals surface area contributed by atoms with Gasteiger partial charge in [-0.3, -0.25) is 4.79 Å². The molecule has 0 aliphatic carbocycles. The molecular formula is C24H22FN3OS. The van der Waals surface area contributed by atoms with Crippen molar-refractivity contribution in [3.8, 4) is 0 Å². The lowest BCUT2D eigenvalue weighted by molar-refractivity contribution is -0.129. The molecule has 4 nitrogen and oxygen atoms in total. The first-order chi connectivity index (χ1) is 14.7. The lowest BCUT2D eigenvalue weighted by Gasteiger charge is -2.38. The molecule has 1 amide bonds. The zero-order valence-corrected chi connectivity index (χ0v) is 17.3. The van der Waals surface area contributed by atoms with Gasteiger partial charge >= 0.3 is 0 Å². The fraction of sp³-hybridized carbons (Fsp3) is 0.208. The van der Waals surface area contributed by atoms with Crippen molar-refractivity contribution in [2.75, 3.05) is 42.5 Å². The monoisotopic (exact) mass is 419 g/mol. The third-order valence-corrected chi connectivity index (χ3v) is 6.78. The summed E-state index contributed by atoms with van der Waals surface area (Å²) in [5, 5.41) is 0. The molecule has 3 aromatic rings. The van der Waals surface area contributed by atoms with E-state index in [2.05, 4.69) is 34.1 Å². The highest BCUT2D eigenvalue weighted by molar-refractivity contribution is 7.99. The van der Waals surface area contributed by atoms with E-state index in [-0.39, 0.29) is 11.7 Å². The molecule has 2 aliphatic heterocycles. The van der Waals surface area contributed by atoms with Crippen molar-refractivity contribution in [3.63, 3.8) is 0 Å². The molecule has 1 fully saturated rings. The van der Waals surface area contributed by atoms with E-state index in [0.717, 1.165) is 30.2 Å². The van der Waals surface area contributed by atoms with Crippen molar-refractivity contribution < 1.29 is 9.18 Å². The van der Waals surface area contributed by atoms with Crippen molar-refractivity contribution in [3.05, 3.63) is 78.6 Å². The maximum atomic E-state index is 13.2. The molecule has 152 valence electrons. The second kappa shape index (κ2) is 8.03. The predicted molar refractivity (Wildman–Crippen MR) is 119 cm³/mol. The minimum atomic E-state index is -0.229. The van der Waals surface area contributed by atoms with Gasteiger partial charge in [0, 0.05) is 41.7 Å². The highest BCUT2D eigenvalue weighted by Crippen LogP contribution is 2.47. The first-order valence-corrected chi connectivity index (χ1v) is 10.9. The summed E-state index contributed by atoms with van der Waals surface area (Å²) in [7, 11) is 0. The Hall–Kier alpha value is -2.99. The second-order valence-corrected chi connectivity index (χ2v) is 8.55. The highest BCUT2D eigenvalue weighted by Gasteiger charge is 2.28. The van der Waals surface area contributed by atoms with Gasteiger partial charge in [0.15, 0.2) is 0 Å². The lowest BCUT2D eigenvalue weighted by atomic mass is 10.2. The first kappa shape index (κ1) is 19.0. The molecular weight excluding hydrogens is 397 g/mol. The number of carbonyl (C=O) groups excluding carboxylic acids is 1. The van der Waals surface area contributed by atoms with Gasteiger partial charge in [-0.05, 0) is 48.5 Å².